The van der Waals surface area contributed by atoms with E-state index in [4.69, 9.17) is 21.1 Å². The smallest absolute Gasteiger partial charge is 0.213 e. The Hall–Kier alpha value is -2.25. The van der Waals surface area contributed by atoms with E-state index >= 15 is 0 Å². The molecule has 4 nitrogen and oxygen atoms in total. The van der Waals surface area contributed by atoms with E-state index in [1.165, 1.54) is 7.11 Å². The number of rotatable bonds is 4. The van der Waals surface area contributed by atoms with Crippen LogP contribution in [0.1, 0.15) is 12.5 Å². The average Bonchev–Trinajstić information content (AvgIpc) is 2.48. The lowest BCUT2D eigenvalue weighted by atomic mass is 10.0. The summed E-state index contributed by atoms with van der Waals surface area (Å²) in [6.45, 7) is 2.39. The van der Waals surface area contributed by atoms with Crippen molar-refractivity contribution < 1.29 is 9.47 Å². The number of aromatic nitrogens is 1. The van der Waals surface area contributed by atoms with Crippen LogP contribution in [0.15, 0.2) is 30.5 Å². The van der Waals surface area contributed by atoms with Crippen molar-refractivity contribution in [3.05, 3.63) is 41.0 Å². The number of nitriles is 1. The molecule has 20 heavy (non-hydrogen) atoms. The van der Waals surface area contributed by atoms with Gasteiger partial charge in [0.05, 0.1) is 31.5 Å². The number of hydrogen-bond acceptors (Lipinski definition) is 4. The van der Waals surface area contributed by atoms with E-state index < -0.39 is 0 Å². The standard InChI is InChI=1S/C15H13ClN2O2/c1-3-20-14-9-18-15(19-2)7-13(14)12-6-11(16)5-4-10(12)8-17/h4-7,9H,3H2,1-2H3. The Labute approximate surface area is 122 Å². The monoisotopic (exact) mass is 288 g/mol. The minimum absolute atomic E-state index is 0.451. The maximum Gasteiger partial charge on any atom is 0.213 e. The second kappa shape index (κ2) is 6.27. The van der Waals surface area contributed by atoms with Crippen molar-refractivity contribution in [2.75, 3.05) is 13.7 Å². The minimum atomic E-state index is 0.451. The number of benzene rings is 1. The molecule has 2 rings (SSSR count). The Kier molecular flexibility index (Phi) is 4.44. The first-order valence-corrected chi connectivity index (χ1v) is 6.44. The molecule has 5 heteroatoms. The van der Waals surface area contributed by atoms with Crippen LogP contribution in [0, 0.1) is 11.3 Å². The van der Waals surface area contributed by atoms with Gasteiger partial charge in [-0.05, 0) is 25.1 Å². The zero-order valence-corrected chi connectivity index (χ0v) is 11.9. The van der Waals surface area contributed by atoms with Crippen molar-refractivity contribution in [1.82, 2.24) is 4.98 Å². The number of hydrogen-bond donors (Lipinski definition) is 0. The van der Waals surface area contributed by atoms with E-state index in [2.05, 4.69) is 11.1 Å². The summed E-state index contributed by atoms with van der Waals surface area (Å²) in [5.74, 6) is 1.04. The predicted molar refractivity (Wildman–Crippen MR) is 77.1 cm³/mol. The molecule has 0 unspecified atom stereocenters. The number of nitrogens with zero attached hydrogens (tertiary/aromatic N) is 2. The molecule has 0 spiro atoms. The van der Waals surface area contributed by atoms with Gasteiger partial charge in [-0.1, -0.05) is 11.6 Å². The quantitative estimate of drug-likeness (QED) is 0.861. The fraction of sp³-hybridized carbons (Fsp3) is 0.200. The van der Waals surface area contributed by atoms with E-state index in [0.29, 0.717) is 34.4 Å². The lowest BCUT2D eigenvalue weighted by Gasteiger charge is -2.12. The van der Waals surface area contributed by atoms with E-state index in [0.717, 1.165) is 5.56 Å². The Morgan fingerprint density at radius 2 is 2.10 bits per heavy atom. The summed E-state index contributed by atoms with van der Waals surface area (Å²) in [5, 5.41) is 9.79. The molecule has 0 aliphatic rings. The highest BCUT2D eigenvalue weighted by atomic mass is 35.5. The highest BCUT2D eigenvalue weighted by Gasteiger charge is 2.13. The van der Waals surface area contributed by atoms with Gasteiger partial charge in [0.15, 0.2) is 0 Å². The zero-order chi connectivity index (χ0) is 14.5. The first kappa shape index (κ1) is 14.2. The van der Waals surface area contributed by atoms with Gasteiger partial charge in [0.1, 0.15) is 5.75 Å². The highest BCUT2D eigenvalue weighted by molar-refractivity contribution is 6.31. The van der Waals surface area contributed by atoms with Crippen molar-refractivity contribution in [3.63, 3.8) is 0 Å². The molecule has 0 N–H and O–H groups in total. The van der Waals surface area contributed by atoms with Crippen LogP contribution in [0.3, 0.4) is 0 Å². The van der Waals surface area contributed by atoms with Crippen molar-refractivity contribution in [2.24, 2.45) is 0 Å². The molecule has 0 bridgehead atoms. The Bertz CT molecular complexity index is 665. The summed E-state index contributed by atoms with van der Waals surface area (Å²) < 4.78 is 10.7. The molecule has 0 saturated heterocycles. The van der Waals surface area contributed by atoms with E-state index in [-0.39, 0.29) is 0 Å². The van der Waals surface area contributed by atoms with Gasteiger partial charge in [-0.25, -0.2) is 4.98 Å². The van der Waals surface area contributed by atoms with Gasteiger partial charge in [0.25, 0.3) is 0 Å². The number of methoxy groups -OCH3 is 1. The predicted octanol–water partition coefficient (Wildman–Crippen LogP) is 3.68. The second-order valence-corrected chi connectivity index (χ2v) is 4.39. The third kappa shape index (κ3) is 2.84. The molecule has 0 aliphatic heterocycles. The molecule has 1 aromatic heterocycles. The van der Waals surface area contributed by atoms with Gasteiger partial charge in [0.2, 0.25) is 5.88 Å². The topological polar surface area (TPSA) is 55.1 Å². The Morgan fingerprint density at radius 3 is 2.75 bits per heavy atom. The van der Waals surface area contributed by atoms with Crippen molar-refractivity contribution >= 4 is 11.6 Å². The van der Waals surface area contributed by atoms with Crippen LogP contribution in [-0.4, -0.2) is 18.7 Å². The Morgan fingerprint density at radius 1 is 1.30 bits per heavy atom. The normalized spacial score (nSPS) is 9.90. The summed E-state index contributed by atoms with van der Waals surface area (Å²) in [6.07, 6.45) is 1.58. The fourth-order valence-electron chi connectivity index (χ4n) is 1.85. The first-order chi connectivity index (χ1) is 9.69. The lowest BCUT2D eigenvalue weighted by Crippen LogP contribution is -1.98. The zero-order valence-electron chi connectivity index (χ0n) is 11.2. The molecule has 0 fully saturated rings. The third-order valence-corrected chi connectivity index (χ3v) is 2.98. The second-order valence-electron chi connectivity index (χ2n) is 3.96. The molecular formula is C15H13ClN2O2. The van der Waals surface area contributed by atoms with E-state index in [1.54, 1.807) is 30.5 Å². The van der Waals surface area contributed by atoms with Gasteiger partial charge in [-0.2, -0.15) is 5.26 Å². The van der Waals surface area contributed by atoms with Gasteiger partial charge >= 0.3 is 0 Å². The molecule has 0 aliphatic carbocycles. The minimum Gasteiger partial charge on any atom is -0.492 e. The molecule has 102 valence electrons. The summed E-state index contributed by atoms with van der Waals surface area (Å²) in [5.41, 5.74) is 1.95. The van der Waals surface area contributed by atoms with Gasteiger partial charge < -0.3 is 9.47 Å². The van der Waals surface area contributed by atoms with Crippen LogP contribution >= 0.6 is 11.6 Å². The van der Waals surface area contributed by atoms with Crippen molar-refractivity contribution in [3.8, 4) is 28.8 Å². The van der Waals surface area contributed by atoms with Gasteiger partial charge in [0, 0.05) is 22.2 Å². The number of ether oxygens (including phenoxy) is 2. The summed E-state index contributed by atoms with van der Waals surface area (Å²) >= 11 is 6.03. The fourth-order valence-corrected chi connectivity index (χ4v) is 2.03. The van der Waals surface area contributed by atoms with Crippen LogP contribution in [-0.2, 0) is 0 Å². The van der Waals surface area contributed by atoms with Crippen LogP contribution in [0.25, 0.3) is 11.1 Å². The van der Waals surface area contributed by atoms with Crippen LogP contribution in [0.2, 0.25) is 5.02 Å². The molecular weight excluding hydrogens is 276 g/mol. The number of halogens is 1. The molecule has 0 amide bonds. The van der Waals surface area contributed by atoms with Gasteiger partial charge in [-0.3, -0.25) is 0 Å². The molecule has 1 heterocycles. The van der Waals surface area contributed by atoms with E-state index in [1.807, 2.05) is 6.92 Å². The van der Waals surface area contributed by atoms with Crippen LogP contribution in [0.5, 0.6) is 11.6 Å². The first-order valence-electron chi connectivity index (χ1n) is 6.06. The van der Waals surface area contributed by atoms with Crippen LogP contribution in [0.4, 0.5) is 0 Å². The summed E-state index contributed by atoms with van der Waals surface area (Å²) in [7, 11) is 1.54. The maximum atomic E-state index is 9.24. The van der Waals surface area contributed by atoms with Crippen LogP contribution < -0.4 is 9.47 Å². The van der Waals surface area contributed by atoms with Gasteiger partial charge in [-0.15, -0.1) is 0 Å². The molecule has 0 saturated carbocycles. The molecule has 2 aromatic rings. The summed E-state index contributed by atoms with van der Waals surface area (Å²) in [6, 6.07) is 8.98. The highest BCUT2D eigenvalue weighted by Crippen LogP contribution is 2.35. The summed E-state index contributed by atoms with van der Waals surface area (Å²) in [4.78, 5) is 4.12. The molecule has 0 atom stereocenters. The lowest BCUT2D eigenvalue weighted by molar-refractivity contribution is 0.337. The number of pyridine rings is 1. The SMILES string of the molecule is CCOc1cnc(OC)cc1-c1cc(Cl)ccc1C#N. The Balaban J connectivity index is 2.66. The van der Waals surface area contributed by atoms with Crippen molar-refractivity contribution in [2.45, 2.75) is 6.92 Å². The molecule has 0 radical (unpaired) electrons. The largest absolute Gasteiger partial charge is 0.492 e. The molecule has 1 aromatic carbocycles. The average molecular weight is 289 g/mol. The maximum absolute atomic E-state index is 9.24. The third-order valence-electron chi connectivity index (χ3n) is 2.74. The van der Waals surface area contributed by atoms with E-state index in [9.17, 15) is 5.26 Å². The van der Waals surface area contributed by atoms with Crippen molar-refractivity contribution in [1.29, 1.82) is 5.26 Å².